The summed E-state index contributed by atoms with van der Waals surface area (Å²) < 4.78 is 26.5. The molecule has 0 amide bonds. The minimum atomic E-state index is -4.75. The van der Waals surface area contributed by atoms with Crippen molar-refractivity contribution in [2.75, 3.05) is 13.2 Å². The van der Waals surface area contributed by atoms with Gasteiger partial charge in [0.1, 0.15) is 6.61 Å². The van der Waals surface area contributed by atoms with Gasteiger partial charge >= 0.3 is 19.8 Å². The van der Waals surface area contributed by atoms with Crippen LogP contribution in [0, 0.1) is 5.92 Å². The average molecular weight is 775 g/mol. The fraction of sp³-hybridized carbons (Fsp3) is 0.955. The maximum Gasteiger partial charge on any atom is 0.469 e. The number of rotatable bonds is 42. The van der Waals surface area contributed by atoms with Gasteiger partial charge in [0.2, 0.25) is 0 Å². The SMILES string of the molecule is CCCCCCCCCCCCCCCCCCC(=O)OC[C@H](COP(=O)(O)O)OC(=O)CCCCCCCCCCCCCCCCCCC(C)C. The summed E-state index contributed by atoms with van der Waals surface area (Å²) in [6.07, 6.45) is 41.1. The summed E-state index contributed by atoms with van der Waals surface area (Å²) in [5.41, 5.74) is 0. The predicted octanol–water partition coefficient (Wildman–Crippen LogP) is 13.9. The lowest BCUT2D eigenvalue weighted by Crippen LogP contribution is -2.29. The zero-order chi connectivity index (χ0) is 39.1. The van der Waals surface area contributed by atoms with E-state index in [1.54, 1.807) is 0 Å². The molecule has 53 heavy (non-hydrogen) atoms. The van der Waals surface area contributed by atoms with Crippen molar-refractivity contribution in [3.8, 4) is 0 Å². The summed E-state index contributed by atoms with van der Waals surface area (Å²) >= 11 is 0. The van der Waals surface area contributed by atoms with Crippen LogP contribution in [0.3, 0.4) is 0 Å². The largest absolute Gasteiger partial charge is 0.469 e. The molecule has 2 N–H and O–H groups in total. The van der Waals surface area contributed by atoms with E-state index >= 15 is 0 Å². The zero-order valence-corrected chi connectivity index (χ0v) is 36.0. The molecule has 0 aliphatic heterocycles. The Morgan fingerprint density at radius 3 is 1.13 bits per heavy atom. The number of hydrogen-bond acceptors (Lipinski definition) is 6. The Labute approximate surface area is 327 Å². The molecule has 0 radical (unpaired) electrons. The van der Waals surface area contributed by atoms with Crippen LogP contribution in [-0.2, 0) is 28.2 Å². The Bertz CT molecular complexity index is 845. The number of ether oxygens (including phenoxy) is 2. The van der Waals surface area contributed by atoms with E-state index < -0.39 is 32.5 Å². The molecule has 0 unspecified atom stereocenters. The standard InChI is InChI=1S/C44H87O8P/c1-4-5-6-7-8-9-10-11-12-16-19-22-25-28-31-34-37-43(45)50-39-42(40-51-53(47,48)49)52-44(46)38-35-32-29-26-23-20-17-14-13-15-18-21-24-27-30-33-36-41(2)3/h41-42H,4-40H2,1-3H3,(H2,47,48,49)/t42-/m1/s1. The van der Waals surface area contributed by atoms with E-state index in [-0.39, 0.29) is 19.4 Å². The van der Waals surface area contributed by atoms with Gasteiger partial charge in [-0.1, -0.05) is 220 Å². The predicted molar refractivity (Wildman–Crippen MR) is 221 cm³/mol. The molecular formula is C44H87O8P. The van der Waals surface area contributed by atoms with Gasteiger partial charge in [0.05, 0.1) is 6.61 Å². The van der Waals surface area contributed by atoms with Gasteiger partial charge in [-0.15, -0.1) is 0 Å². The van der Waals surface area contributed by atoms with E-state index in [2.05, 4.69) is 25.3 Å². The number of carbonyl (C=O) groups is 2. The van der Waals surface area contributed by atoms with Crippen molar-refractivity contribution in [3.63, 3.8) is 0 Å². The molecule has 0 aromatic heterocycles. The van der Waals surface area contributed by atoms with Crippen LogP contribution in [0.1, 0.15) is 245 Å². The van der Waals surface area contributed by atoms with Crippen LogP contribution in [0.2, 0.25) is 0 Å². The van der Waals surface area contributed by atoms with E-state index in [9.17, 15) is 14.2 Å². The summed E-state index contributed by atoms with van der Waals surface area (Å²) in [4.78, 5) is 42.9. The highest BCUT2D eigenvalue weighted by molar-refractivity contribution is 7.46. The summed E-state index contributed by atoms with van der Waals surface area (Å²) in [7, 11) is -4.75. The summed E-state index contributed by atoms with van der Waals surface area (Å²) in [6.45, 7) is 6.08. The highest BCUT2D eigenvalue weighted by Crippen LogP contribution is 2.36. The van der Waals surface area contributed by atoms with Crippen molar-refractivity contribution in [1.29, 1.82) is 0 Å². The lowest BCUT2D eigenvalue weighted by atomic mass is 10.0. The fourth-order valence-electron chi connectivity index (χ4n) is 6.91. The molecule has 0 spiro atoms. The Morgan fingerprint density at radius 1 is 0.472 bits per heavy atom. The Balaban J connectivity index is 3.82. The monoisotopic (exact) mass is 775 g/mol. The van der Waals surface area contributed by atoms with Gasteiger partial charge in [-0.2, -0.15) is 0 Å². The lowest BCUT2D eigenvalue weighted by Gasteiger charge is -2.18. The smallest absolute Gasteiger partial charge is 0.462 e. The molecule has 9 heteroatoms. The molecule has 0 aliphatic rings. The Kier molecular flexibility index (Phi) is 38.6. The molecule has 316 valence electrons. The van der Waals surface area contributed by atoms with Crippen molar-refractivity contribution in [3.05, 3.63) is 0 Å². The fourth-order valence-corrected chi connectivity index (χ4v) is 7.27. The number of carbonyl (C=O) groups excluding carboxylic acids is 2. The van der Waals surface area contributed by atoms with Gasteiger partial charge in [0, 0.05) is 12.8 Å². The summed E-state index contributed by atoms with van der Waals surface area (Å²) in [6, 6.07) is 0. The summed E-state index contributed by atoms with van der Waals surface area (Å²) in [5.74, 6) is -0.0245. The molecule has 0 aromatic rings. The molecule has 8 nitrogen and oxygen atoms in total. The van der Waals surface area contributed by atoms with E-state index in [1.165, 1.54) is 173 Å². The number of phosphoric ester groups is 1. The van der Waals surface area contributed by atoms with Gasteiger partial charge in [0.25, 0.3) is 0 Å². The first-order valence-electron chi connectivity index (χ1n) is 22.7. The number of esters is 2. The van der Waals surface area contributed by atoms with Crippen LogP contribution in [0.25, 0.3) is 0 Å². The topological polar surface area (TPSA) is 119 Å². The number of unbranched alkanes of at least 4 members (excludes halogenated alkanes) is 30. The van der Waals surface area contributed by atoms with Crippen molar-refractivity contribution in [2.45, 2.75) is 252 Å². The van der Waals surface area contributed by atoms with Gasteiger partial charge in [0.15, 0.2) is 6.10 Å². The van der Waals surface area contributed by atoms with Gasteiger partial charge in [-0.3, -0.25) is 14.1 Å². The summed E-state index contributed by atoms with van der Waals surface area (Å²) in [5, 5.41) is 0. The second-order valence-electron chi connectivity index (χ2n) is 16.2. The van der Waals surface area contributed by atoms with Crippen LogP contribution < -0.4 is 0 Å². The highest BCUT2D eigenvalue weighted by atomic mass is 31.2. The third-order valence-corrected chi connectivity index (χ3v) is 10.8. The third-order valence-electron chi connectivity index (χ3n) is 10.3. The minimum Gasteiger partial charge on any atom is -0.462 e. The molecule has 0 rings (SSSR count). The minimum absolute atomic E-state index is 0.220. The molecule has 1 atom stereocenters. The molecule has 0 saturated carbocycles. The third kappa shape index (κ3) is 43.6. The Morgan fingerprint density at radius 2 is 0.792 bits per heavy atom. The molecule has 0 fully saturated rings. The van der Waals surface area contributed by atoms with Gasteiger partial charge < -0.3 is 19.3 Å². The quantitative estimate of drug-likeness (QED) is 0.0357. The van der Waals surface area contributed by atoms with E-state index in [0.717, 1.165) is 38.0 Å². The van der Waals surface area contributed by atoms with Crippen LogP contribution in [0.5, 0.6) is 0 Å². The van der Waals surface area contributed by atoms with E-state index in [0.29, 0.717) is 6.42 Å². The molecule has 0 heterocycles. The molecule has 0 saturated heterocycles. The van der Waals surface area contributed by atoms with Crippen molar-refractivity contribution >= 4 is 19.8 Å². The van der Waals surface area contributed by atoms with Crippen LogP contribution in [0.4, 0.5) is 0 Å². The molecule has 0 aromatic carbocycles. The normalized spacial score (nSPS) is 12.4. The number of phosphoric acid groups is 1. The Hall–Kier alpha value is -0.950. The molecular weight excluding hydrogens is 687 g/mol. The van der Waals surface area contributed by atoms with Crippen LogP contribution in [-0.4, -0.2) is 41.0 Å². The van der Waals surface area contributed by atoms with Crippen molar-refractivity contribution in [1.82, 2.24) is 0 Å². The molecule has 0 aliphatic carbocycles. The molecule has 0 bridgehead atoms. The van der Waals surface area contributed by atoms with Gasteiger partial charge in [-0.05, 0) is 18.8 Å². The van der Waals surface area contributed by atoms with Crippen molar-refractivity contribution < 1.29 is 37.9 Å². The maximum atomic E-state index is 12.4. The maximum absolute atomic E-state index is 12.4. The van der Waals surface area contributed by atoms with Crippen LogP contribution in [0.15, 0.2) is 0 Å². The number of hydrogen-bond donors (Lipinski definition) is 2. The van der Waals surface area contributed by atoms with E-state index in [4.69, 9.17) is 19.3 Å². The first-order chi connectivity index (χ1) is 25.6. The second kappa shape index (κ2) is 39.3. The lowest BCUT2D eigenvalue weighted by molar-refractivity contribution is -0.161. The van der Waals surface area contributed by atoms with Crippen molar-refractivity contribution in [2.24, 2.45) is 5.92 Å². The average Bonchev–Trinajstić information content (AvgIpc) is 3.11. The first kappa shape index (κ1) is 52.0. The first-order valence-corrected chi connectivity index (χ1v) is 24.2. The second-order valence-corrected chi connectivity index (χ2v) is 17.5. The zero-order valence-electron chi connectivity index (χ0n) is 35.1. The highest BCUT2D eigenvalue weighted by Gasteiger charge is 2.23. The van der Waals surface area contributed by atoms with E-state index in [1.807, 2.05) is 0 Å². The van der Waals surface area contributed by atoms with Crippen LogP contribution >= 0.6 is 7.82 Å². The van der Waals surface area contributed by atoms with Gasteiger partial charge in [-0.25, -0.2) is 4.57 Å².